The van der Waals surface area contributed by atoms with Crippen molar-refractivity contribution in [2.75, 3.05) is 24.1 Å². The van der Waals surface area contributed by atoms with E-state index in [-0.39, 0.29) is 11.7 Å². The van der Waals surface area contributed by atoms with Crippen LogP contribution in [-0.2, 0) is 21.2 Å². The molecule has 0 amide bonds. The largest absolute Gasteiger partial charge is 0.367 e. The van der Waals surface area contributed by atoms with Gasteiger partial charge in [0.2, 0.25) is 10.0 Å². The van der Waals surface area contributed by atoms with E-state index in [1.54, 1.807) is 0 Å². The van der Waals surface area contributed by atoms with E-state index in [1.165, 1.54) is 5.56 Å². The van der Waals surface area contributed by atoms with Gasteiger partial charge in [0.15, 0.2) is 0 Å². The van der Waals surface area contributed by atoms with Gasteiger partial charge in [-0.2, -0.15) is 0 Å². The van der Waals surface area contributed by atoms with E-state index in [4.69, 9.17) is 4.74 Å². The lowest BCUT2D eigenvalue weighted by atomic mass is 9.80. The first-order valence-corrected chi connectivity index (χ1v) is 9.25. The van der Waals surface area contributed by atoms with Crippen LogP contribution in [0.3, 0.4) is 0 Å². The third-order valence-electron chi connectivity index (χ3n) is 4.34. The summed E-state index contributed by atoms with van der Waals surface area (Å²) in [5.41, 5.74) is 2.92. The molecule has 1 unspecified atom stereocenters. The van der Waals surface area contributed by atoms with Gasteiger partial charge in [-0.15, -0.1) is 0 Å². The standard InChI is InChI=1S/C15H22N2O3S/c1-11-14-9-13(17-21(2,18)19)4-3-12(14)10-15(20-11)5-7-16-8-6-15/h3-4,9,11,16-17H,5-8,10H2,1-2H3. The Morgan fingerprint density at radius 1 is 1.33 bits per heavy atom. The fourth-order valence-corrected chi connectivity index (χ4v) is 3.97. The Morgan fingerprint density at radius 2 is 2.05 bits per heavy atom. The molecule has 0 saturated carbocycles. The number of hydrogen-bond acceptors (Lipinski definition) is 4. The van der Waals surface area contributed by atoms with Crippen LogP contribution in [0.5, 0.6) is 0 Å². The molecule has 0 aliphatic carbocycles. The molecule has 3 rings (SSSR count). The minimum absolute atomic E-state index is 0.00633. The molecule has 5 nitrogen and oxygen atoms in total. The maximum Gasteiger partial charge on any atom is 0.229 e. The summed E-state index contributed by atoms with van der Waals surface area (Å²) in [4.78, 5) is 0. The number of ether oxygens (including phenoxy) is 1. The van der Waals surface area contributed by atoms with Crippen LogP contribution in [0.1, 0.15) is 37.0 Å². The predicted octanol–water partition coefficient (Wildman–Crippen LogP) is 1.81. The number of benzene rings is 1. The van der Waals surface area contributed by atoms with Crippen LogP contribution in [0.15, 0.2) is 18.2 Å². The van der Waals surface area contributed by atoms with Gasteiger partial charge in [-0.25, -0.2) is 8.42 Å². The van der Waals surface area contributed by atoms with Gasteiger partial charge in [0.25, 0.3) is 0 Å². The first-order chi connectivity index (χ1) is 9.87. The first-order valence-electron chi connectivity index (χ1n) is 7.36. The van der Waals surface area contributed by atoms with E-state index in [9.17, 15) is 8.42 Å². The lowest BCUT2D eigenvalue weighted by molar-refractivity contribution is -0.116. The average Bonchev–Trinajstić information content (AvgIpc) is 2.39. The minimum Gasteiger partial charge on any atom is -0.367 e. The van der Waals surface area contributed by atoms with E-state index in [2.05, 4.69) is 10.0 Å². The average molecular weight is 310 g/mol. The summed E-state index contributed by atoms with van der Waals surface area (Å²) in [6.45, 7) is 4.04. The van der Waals surface area contributed by atoms with Crippen LogP contribution in [0.2, 0.25) is 0 Å². The van der Waals surface area contributed by atoms with Crippen molar-refractivity contribution < 1.29 is 13.2 Å². The second-order valence-corrected chi connectivity index (χ2v) is 7.91. The summed E-state index contributed by atoms with van der Waals surface area (Å²) < 4.78 is 31.5. The second kappa shape index (κ2) is 5.26. The lowest BCUT2D eigenvalue weighted by Crippen LogP contribution is -2.48. The molecular weight excluding hydrogens is 288 g/mol. The van der Waals surface area contributed by atoms with Gasteiger partial charge in [0.1, 0.15) is 0 Å². The maximum absolute atomic E-state index is 11.3. The predicted molar refractivity (Wildman–Crippen MR) is 82.9 cm³/mol. The lowest BCUT2D eigenvalue weighted by Gasteiger charge is -2.44. The van der Waals surface area contributed by atoms with Gasteiger partial charge in [0.05, 0.1) is 18.0 Å². The fraction of sp³-hybridized carbons (Fsp3) is 0.600. The molecule has 1 fully saturated rings. The summed E-state index contributed by atoms with van der Waals surface area (Å²) in [7, 11) is -3.25. The van der Waals surface area contributed by atoms with Crippen LogP contribution in [0.4, 0.5) is 5.69 Å². The third-order valence-corrected chi connectivity index (χ3v) is 4.95. The zero-order chi connectivity index (χ0) is 15.1. The van der Waals surface area contributed by atoms with Gasteiger partial charge < -0.3 is 10.1 Å². The molecule has 116 valence electrons. The zero-order valence-corrected chi connectivity index (χ0v) is 13.3. The van der Waals surface area contributed by atoms with E-state index in [0.29, 0.717) is 5.69 Å². The third kappa shape index (κ3) is 3.22. The van der Waals surface area contributed by atoms with Crippen molar-refractivity contribution >= 4 is 15.7 Å². The van der Waals surface area contributed by atoms with Gasteiger partial charge in [-0.05, 0) is 56.1 Å². The Bertz CT molecular complexity index is 636. The molecule has 1 spiro atoms. The van der Waals surface area contributed by atoms with E-state index in [1.807, 2.05) is 25.1 Å². The monoisotopic (exact) mass is 310 g/mol. The molecule has 1 saturated heterocycles. The van der Waals surface area contributed by atoms with Crippen molar-refractivity contribution in [2.24, 2.45) is 0 Å². The van der Waals surface area contributed by atoms with Gasteiger partial charge >= 0.3 is 0 Å². The number of anilines is 1. The normalized spacial score (nSPS) is 24.6. The maximum atomic E-state index is 11.3. The van der Waals surface area contributed by atoms with Crippen LogP contribution < -0.4 is 10.0 Å². The number of fused-ring (bicyclic) bond motifs is 1. The van der Waals surface area contributed by atoms with Gasteiger partial charge in [-0.1, -0.05) is 6.07 Å². The molecule has 1 aromatic carbocycles. The Labute approximate surface area is 126 Å². The highest BCUT2D eigenvalue weighted by Crippen LogP contribution is 2.41. The van der Waals surface area contributed by atoms with Crippen molar-refractivity contribution in [2.45, 2.75) is 37.9 Å². The molecule has 2 N–H and O–H groups in total. The summed E-state index contributed by atoms with van der Waals surface area (Å²) in [6.07, 6.45) is 4.12. The van der Waals surface area contributed by atoms with Gasteiger partial charge in [0, 0.05) is 12.1 Å². The SMILES string of the molecule is CC1OC2(CCNCC2)Cc2ccc(NS(C)(=O)=O)cc21. The number of piperidine rings is 1. The van der Waals surface area contributed by atoms with E-state index in [0.717, 1.165) is 44.2 Å². The minimum atomic E-state index is -3.25. The second-order valence-electron chi connectivity index (χ2n) is 6.16. The molecule has 0 radical (unpaired) electrons. The molecule has 21 heavy (non-hydrogen) atoms. The highest BCUT2D eigenvalue weighted by atomic mass is 32.2. The first kappa shape index (κ1) is 14.8. The smallest absolute Gasteiger partial charge is 0.229 e. The zero-order valence-electron chi connectivity index (χ0n) is 12.5. The Kier molecular flexibility index (Phi) is 3.71. The Morgan fingerprint density at radius 3 is 2.71 bits per heavy atom. The summed E-state index contributed by atoms with van der Waals surface area (Å²) in [5.74, 6) is 0. The van der Waals surface area contributed by atoms with Gasteiger partial charge in [-0.3, -0.25) is 4.72 Å². The highest BCUT2D eigenvalue weighted by Gasteiger charge is 2.39. The van der Waals surface area contributed by atoms with Crippen molar-refractivity contribution in [3.05, 3.63) is 29.3 Å². The van der Waals surface area contributed by atoms with Crippen molar-refractivity contribution in [3.63, 3.8) is 0 Å². The molecular formula is C15H22N2O3S. The van der Waals surface area contributed by atoms with Crippen molar-refractivity contribution in [3.8, 4) is 0 Å². The summed E-state index contributed by atoms with van der Waals surface area (Å²) in [5, 5.41) is 3.37. The number of hydrogen-bond donors (Lipinski definition) is 2. The van der Waals surface area contributed by atoms with Crippen molar-refractivity contribution in [1.29, 1.82) is 0 Å². The Balaban J connectivity index is 1.89. The molecule has 1 atom stereocenters. The molecule has 0 aromatic heterocycles. The number of sulfonamides is 1. The van der Waals surface area contributed by atoms with E-state index >= 15 is 0 Å². The Hall–Kier alpha value is -1.11. The number of rotatable bonds is 2. The summed E-state index contributed by atoms with van der Waals surface area (Å²) in [6, 6.07) is 5.77. The molecule has 1 aromatic rings. The van der Waals surface area contributed by atoms with Crippen LogP contribution >= 0.6 is 0 Å². The summed E-state index contributed by atoms with van der Waals surface area (Å²) >= 11 is 0. The van der Waals surface area contributed by atoms with Crippen LogP contribution in [0, 0.1) is 0 Å². The molecule has 2 aliphatic rings. The van der Waals surface area contributed by atoms with E-state index < -0.39 is 10.0 Å². The highest BCUT2D eigenvalue weighted by molar-refractivity contribution is 7.92. The number of nitrogens with one attached hydrogen (secondary N) is 2. The van der Waals surface area contributed by atoms with Crippen LogP contribution in [-0.4, -0.2) is 33.4 Å². The molecule has 2 heterocycles. The quantitative estimate of drug-likeness (QED) is 0.874. The molecule has 6 heteroatoms. The fourth-order valence-electron chi connectivity index (χ4n) is 3.42. The van der Waals surface area contributed by atoms with Crippen molar-refractivity contribution in [1.82, 2.24) is 5.32 Å². The molecule has 0 bridgehead atoms. The van der Waals surface area contributed by atoms with Crippen LogP contribution in [0.25, 0.3) is 0 Å². The topological polar surface area (TPSA) is 67.4 Å². The molecule has 2 aliphatic heterocycles.